The Hall–Kier alpha value is -2.48. The lowest BCUT2D eigenvalue weighted by molar-refractivity contribution is -0.0555. The molecule has 7 rings (SSSR count). The molecule has 116 valence electrons. The third kappa shape index (κ3) is 1.21. The zero-order chi connectivity index (χ0) is 15.8. The van der Waals surface area contributed by atoms with Crippen LogP contribution in [-0.2, 0) is 11.1 Å². The second-order valence-corrected chi connectivity index (χ2v) is 7.46. The third-order valence-electron chi connectivity index (χ3n) is 6.71. The van der Waals surface area contributed by atoms with E-state index in [0.717, 1.165) is 0 Å². The number of nitrogens with zero attached hydrogens (tertiary/aromatic N) is 2. The summed E-state index contributed by atoms with van der Waals surface area (Å²) in [6.07, 6.45) is 9.48. The molecule has 1 saturated carbocycles. The van der Waals surface area contributed by atoms with Crippen LogP contribution >= 0.6 is 0 Å². The third-order valence-corrected chi connectivity index (χ3v) is 6.71. The van der Waals surface area contributed by atoms with Crippen molar-refractivity contribution in [1.82, 2.24) is 0 Å². The molecule has 0 radical (unpaired) electrons. The lowest BCUT2D eigenvalue weighted by atomic mass is 9.41. The molecular formula is C22H18N2. The van der Waals surface area contributed by atoms with Crippen molar-refractivity contribution in [3.8, 4) is 0 Å². The molecule has 2 aliphatic heterocycles. The molecular weight excluding hydrogens is 292 g/mol. The topological polar surface area (TPSA) is 24.7 Å². The van der Waals surface area contributed by atoms with E-state index in [1.165, 1.54) is 11.1 Å². The summed E-state index contributed by atoms with van der Waals surface area (Å²) in [5.74, 6) is 1.79. The zero-order valence-corrected chi connectivity index (χ0v) is 13.3. The highest BCUT2D eigenvalue weighted by Crippen LogP contribution is 2.71. The minimum absolute atomic E-state index is 0.198. The summed E-state index contributed by atoms with van der Waals surface area (Å²) in [4.78, 5) is 0. The van der Waals surface area contributed by atoms with Gasteiger partial charge in [-0.25, -0.2) is 0 Å². The van der Waals surface area contributed by atoms with Crippen LogP contribution < -0.4 is 0 Å². The molecule has 4 atom stereocenters. The quantitative estimate of drug-likeness (QED) is 0.708. The molecule has 2 aromatic carbocycles. The van der Waals surface area contributed by atoms with Gasteiger partial charge in [-0.3, -0.25) is 0 Å². The summed E-state index contributed by atoms with van der Waals surface area (Å²) in [6.45, 7) is 0. The van der Waals surface area contributed by atoms with E-state index in [2.05, 4.69) is 85.0 Å². The Morgan fingerprint density at radius 1 is 0.500 bits per heavy atom. The number of rotatable bonds is 2. The van der Waals surface area contributed by atoms with Gasteiger partial charge in [-0.05, 0) is 11.1 Å². The van der Waals surface area contributed by atoms with Gasteiger partial charge in [0.25, 0.3) is 0 Å². The van der Waals surface area contributed by atoms with Crippen LogP contribution in [0.1, 0.15) is 11.1 Å². The van der Waals surface area contributed by atoms with E-state index in [1.54, 1.807) is 0 Å². The first-order valence-corrected chi connectivity index (χ1v) is 8.79. The fourth-order valence-corrected chi connectivity index (χ4v) is 5.52. The van der Waals surface area contributed by atoms with Crippen molar-refractivity contribution in [1.29, 1.82) is 0 Å². The SMILES string of the molecule is C1=C[C@@H]2[C@@H]1C1(c3ccccc3)N=NC2(c2ccccc2)[C@@H]2C=C[C@H]21. The van der Waals surface area contributed by atoms with Crippen molar-refractivity contribution in [2.75, 3.05) is 0 Å². The second-order valence-electron chi connectivity index (χ2n) is 7.46. The maximum Gasteiger partial charge on any atom is 0.120 e. The highest BCUT2D eigenvalue weighted by molar-refractivity contribution is 5.49. The average molecular weight is 310 g/mol. The maximum absolute atomic E-state index is 5.04. The van der Waals surface area contributed by atoms with Crippen molar-refractivity contribution >= 4 is 0 Å². The smallest absolute Gasteiger partial charge is 0.120 e. The zero-order valence-electron chi connectivity index (χ0n) is 13.3. The normalized spacial score (nSPS) is 42.8. The maximum atomic E-state index is 5.04. The summed E-state index contributed by atoms with van der Waals surface area (Å²) in [7, 11) is 0. The minimum Gasteiger partial charge on any atom is -0.180 e. The Kier molecular flexibility index (Phi) is 2.22. The molecule has 2 nitrogen and oxygen atoms in total. The molecule has 2 bridgehead atoms. The van der Waals surface area contributed by atoms with E-state index in [0.29, 0.717) is 23.7 Å². The Morgan fingerprint density at radius 3 is 1.12 bits per heavy atom. The molecule has 0 aromatic heterocycles. The van der Waals surface area contributed by atoms with Gasteiger partial charge in [-0.2, -0.15) is 10.2 Å². The van der Waals surface area contributed by atoms with Crippen LogP contribution in [0.3, 0.4) is 0 Å². The molecule has 2 heterocycles. The summed E-state index contributed by atoms with van der Waals surface area (Å²) in [6, 6.07) is 21.6. The molecule has 24 heavy (non-hydrogen) atoms. The van der Waals surface area contributed by atoms with E-state index in [1.807, 2.05) is 0 Å². The van der Waals surface area contributed by atoms with Gasteiger partial charge in [0.05, 0.1) is 0 Å². The van der Waals surface area contributed by atoms with Crippen LogP contribution in [0.15, 0.2) is 95.2 Å². The number of azo groups is 1. The van der Waals surface area contributed by atoms with E-state index in [-0.39, 0.29) is 11.1 Å². The number of hydrogen-bond donors (Lipinski definition) is 0. The van der Waals surface area contributed by atoms with Crippen molar-refractivity contribution in [3.63, 3.8) is 0 Å². The van der Waals surface area contributed by atoms with Gasteiger partial charge in [0.1, 0.15) is 11.1 Å². The van der Waals surface area contributed by atoms with Crippen molar-refractivity contribution in [2.45, 2.75) is 11.1 Å². The number of benzene rings is 2. The second kappa shape index (κ2) is 4.13. The molecule has 2 heteroatoms. The lowest BCUT2D eigenvalue weighted by Crippen LogP contribution is -2.67. The first-order chi connectivity index (χ1) is 11.9. The molecule has 1 fully saturated rings. The predicted octanol–water partition coefficient (Wildman–Crippen LogP) is 4.86. The molecule has 2 aromatic rings. The summed E-state index contributed by atoms with van der Waals surface area (Å²) in [5, 5.41) is 10.1. The summed E-state index contributed by atoms with van der Waals surface area (Å²) < 4.78 is 0. The van der Waals surface area contributed by atoms with Crippen molar-refractivity contribution in [3.05, 3.63) is 96.1 Å². The number of hydrogen-bond acceptors (Lipinski definition) is 2. The standard InChI is InChI=1S/C22H18N2/c1-3-7-15(8-4-1)21-17-11-13-19(17)22(24-23-21,20-14-12-18(20)21)16-9-5-2-6-10-16/h1-14,17-20H/t17-,18-,19-,20-,21?,22?/m1/s1. The molecule has 0 unspecified atom stereocenters. The molecule has 3 aliphatic carbocycles. The van der Waals surface area contributed by atoms with Crippen molar-refractivity contribution in [2.24, 2.45) is 33.9 Å². The Bertz CT molecular complexity index is 795. The van der Waals surface area contributed by atoms with Gasteiger partial charge >= 0.3 is 0 Å². The lowest BCUT2D eigenvalue weighted by Gasteiger charge is -2.66. The molecule has 0 amide bonds. The van der Waals surface area contributed by atoms with Gasteiger partial charge < -0.3 is 0 Å². The van der Waals surface area contributed by atoms with Gasteiger partial charge in [0.2, 0.25) is 0 Å². The first-order valence-electron chi connectivity index (χ1n) is 8.79. The monoisotopic (exact) mass is 310 g/mol. The van der Waals surface area contributed by atoms with Crippen LogP contribution in [0.2, 0.25) is 0 Å². The average Bonchev–Trinajstić information content (AvgIpc) is 2.57. The fraction of sp³-hybridized carbons (Fsp3) is 0.273. The molecule has 0 saturated heterocycles. The van der Waals surface area contributed by atoms with Crippen LogP contribution in [-0.4, -0.2) is 0 Å². The van der Waals surface area contributed by atoms with Crippen LogP contribution in [0.5, 0.6) is 0 Å². The minimum atomic E-state index is -0.198. The van der Waals surface area contributed by atoms with Crippen molar-refractivity contribution < 1.29 is 0 Å². The van der Waals surface area contributed by atoms with Crippen LogP contribution in [0.4, 0.5) is 0 Å². The van der Waals surface area contributed by atoms with E-state index >= 15 is 0 Å². The van der Waals surface area contributed by atoms with Gasteiger partial charge in [-0.1, -0.05) is 85.0 Å². The van der Waals surface area contributed by atoms with E-state index < -0.39 is 0 Å². The Labute approximate surface area is 141 Å². The fourth-order valence-electron chi connectivity index (χ4n) is 5.52. The summed E-state index contributed by atoms with van der Waals surface area (Å²) in [5.41, 5.74) is 2.23. The highest BCUT2D eigenvalue weighted by atomic mass is 15.3. The molecule has 0 spiro atoms. The summed E-state index contributed by atoms with van der Waals surface area (Å²) >= 11 is 0. The first kappa shape index (κ1) is 12.9. The van der Waals surface area contributed by atoms with E-state index in [4.69, 9.17) is 10.2 Å². The molecule has 0 N–H and O–H groups in total. The van der Waals surface area contributed by atoms with Crippen LogP contribution in [0, 0.1) is 23.7 Å². The van der Waals surface area contributed by atoms with Gasteiger partial charge in [0.15, 0.2) is 0 Å². The molecule has 5 aliphatic rings. The largest absolute Gasteiger partial charge is 0.180 e. The van der Waals surface area contributed by atoms with E-state index in [9.17, 15) is 0 Å². The highest BCUT2D eigenvalue weighted by Gasteiger charge is 2.71. The van der Waals surface area contributed by atoms with Gasteiger partial charge in [-0.15, -0.1) is 0 Å². The Morgan fingerprint density at radius 2 is 0.833 bits per heavy atom. The predicted molar refractivity (Wildman–Crippen MR) is 93.3 cm³/mol. The van der Waals surface area contributed by atoms with Gasteiger partial charge in [0, 0.05) is 23.7 Å². The van der Waals surface area contributed by atoms with Crippen LogP contribution in [0.25, 0.3) is 0 Å². The Balaban J connectivity index is 1.63.